The first-order valence-electron chi connectivity index (χ1n) is 5.76. The first-order valence-corrected chi connectivity index (χ1v) is 9.61. The van der Waals surface area contributed by atoms with Crippen LogP contribution in [0.1, 0.15) is 19.8 Å². The van der Waals surface area contributed by atoms with E-state index in [1.54, 1.807) is 6.92 Å². The molecule has 0 aromatic rings. The zero-order chi connectivity index (χ0) is 14.1. The van der Waals surface area contributed by atoms with Gasteiger partial charge in [0.1, 0.15) is 8.47 Å². The van der Waals surface area contributed by atoms with E-state index < -0.39 is 24.6 Å². The van der Waals surface area contributed by atoms with Gasteiger partial charge in [0.15, 0.2) is 9.84 Å². The molecule has 3 N–H and O–H groups in total. The van der Waals surface area contributed by atoms with Crippen LogP contribution in [0, 0.1) is 0 Å². The number of hydrogen-bond acceptors (Lipinski definition) is 6. The number of fused-ring (bicyclic) bond motifs is 2. The Morgan fingerprint density at radius 3 is 2.84 bits per heavy atom. The second kappa shape index (κ2) is 3.85. The van der Waals surface area contributed by atoms with Crippen molar-refractivity contribution in [3.63, 3.8) is 0 Å². The van der Waals surface area contributed by atoms with Crippen LogP contribution < -0.4 is 10.5 Å². The quantitative estimate of drug-likeness (QED) is 0.704. The predicted molar refractivity (Wildman–Crippen MR) is 74.2 cm³/mol. The van der Waals surface area contributed by atoms with E-state index in [1.165, 1.54) is 6.08 Å². The van der Waals surface area contributed by atoms with Crippen LogP contribution in [0.2, 0.25) is 0 Å². The number of primary sulfonamides is 1. The molecule has 0 spiro atoms. The smallest absolute Gasteiger partial charge is 0.244 e. The fourth-order valence-electron chi connectivity index (χ4n) is 2.83. The van der Waals surface area contributed by atoms with E-state index in [9.17, 15) is 16.8 Å². The lowest BCUT2D eigenvalue weighted by molar-refractivity contribution is 0.489. The van der Waals surface area contributed by atoms with E-state index >= 15 is 0 Å². The molecule has 4 rings (SSSR count). The summed E-state index contributed by atoms with van der Waals surface area (Å²) in [6.45, 7) is 2.21. The summed E-state index contributed by atoms with van der Waals surface area (Å²) in [5.41, 5.74) is 0.768. The van der Waals surface area contributed by atoms with Crippen LogP contribution in [0.5, 0.6) is 0 Å². The maximum Gasteiger partial charge on any atom is 0.244 e. The van der Waals surface area contributed by atoms with Gasteiger partial charge >= 0.3 is 0 Å². The number of sulfonamides is 1. The Labute approximate surface area is 116 Å². The van der Waals surface area contributed by atoms with E-state index in [0.29, 0.717) is 19.4 Å². The monoisotopic (exact) mass is 322 g/mol. The van der Waals surface area contributed by atoms with Crippen LogP contribution >= 0.6 is 11.8 Å². The van der Waals surface area contributed by atoms with Crippen LogP contribution in [0.15, 0.2) is 20.1 Å². The van der Waals surface area contributed by atoms with Gasteiger partial charge in [-0.3, -0.25) is 0 Å². The molecule has 19 heavy (non-hydrogen) atoms. The minimum absolute atomic E-state index is 0.0790. The average molecular weight is 322 g/mol. The largest absolute Gasteiger partial charge is 0.307 e. The highest BCUT2D eigenvalue weighted by atomic mass is 32.3. The molecule has 6 nitrogen and oxygen atoms in total. The lowest BCUT2D eigenvalue weighted by Gasteiger charge is -2.29. The average Bonchev–Trinajstić information content (AvgIpc) is 2.34. The van der Waals surface area contributed by atoms with Crippen molar-refractivity contribution in [2.24, 2.45) is 5.14 Å². The number of hydrogen-bond donors (Lipinski definition) is 2. The van der Waals surface area contributed by atoms with Crippen LogP contribution in [-0.2, 0) is 19.9 Å². The fourth-order valence-corrected chi connectivity index (χ4v) is 7.81. The molecule has 2 unspecified atom stereocenters. The standard InChI is InChI=1S/C10H14N2O4S3/c1-10-3-6-5-12-7(4-10)2-8(19(11,15)16)17-9(6)18(10,13)14/h2,7,12H,3-5H2,1H3,(H2,11,15,16). The number of sulfone groups is 1. The van der Waals surface area contributed by atoms with Gasteiger partial charge in [0.2, 0.25) is 10.0 Å². The molecule has 0 aromatic carbocycles. The van der Waals surface area contributed by atoms with E-state index in [4.69, 9.17) is 5.14 Å². The molecule has 4 aliphatic heterocycles. The van der Waals surface area contributed by atoms with Gasteiger partial charge in [-0.2, -0.15) is 0 Å². The van der Waals surface area contributed by atoms with Gasteiger partial charge in [0.05, 0.1) is 4.75 Å². The number of nitrogens with one attached hydrogen (secondary N) is 1. The minimum Gasteiger partial charge on any atom is -0.307 e. The molecule has 4 heterocycles. The molecule has 0 aliphatic carbocycles. The Balaban J connectivity index is 2.25. The summed E-state index contributed by atoms with van der Waals surface area (Å²) in [7, 11) is -7.37. The lowest BCUT2D eigenvalue weighted by Crippen LogP contribution is -2.40. The summed E-state index contributed by atoms with van der Waals surface area (Å²) < 4.78 is 47.5. The SMILES string of the molecule is CC12CC3=C(SC(S(N)(=O)=O)=CC(C1)NC3)S2(=O)=O. The maximum atomic E-state index is 12.6. The van der Waals surface area contributed by atoms with Crippen LogP contribution in [0.3, 0.4) is 0 Å². The molecule has 1 fully saturated rings. The van der Waals surface area contributed by atoms with Gasteiger partial charge < -0.3 is 5.32 Å². The van der Waals surface area contributed by atoms with Gasteiger partial charge in [-0.1, -0.05) is 11.8 Å². The third kappa shape index (κ3) is 1.90. The maximum absolute atomic E-state index is 12.6. The zero-order valence-corrected chi connectivity index (χ0v) is 12.7. The Hall–Kier alpha value is -0.350. The van der Waals surface area contributed by atoms with Gasteiger partial charge in [0.25, 0.3) is 0 Å². The van der Waals surface area contributed by atoms with Crippen molar-refractivity contribution in [1.82, 2.24) is 5.32 Å². The van der Waals surface area contributed by atoms with E-state index in [1.807, 2.05) is 0 Å². The molecule has 106 valence electrons. The van der Waals surface area contributed by atoms with Crippen LogP contribution in [-0.4, -0.2) is 34.2 Å². The molecule has 0 saturated carbocycles. The van der Waals surface area contributed by atoms with Gasteiger partial charge in [-0.15, -0.1) is 0 Å². The van der Waals surface area contributed by atoms with Gasteiger partial charge in [-0.25, -0.2) is 22.0 Å². The van der Waals surface area contributed by atoms with Gasteiger partial charge in [0, 0.05) is 12.6 Å². The Morgan fingerprint density at radius 2 is 2.21 bits per heavy atom. The van der Waals surface area contributed by atoms with E-state index in [-0.39, 0.29) is 14.5 Å². The first-order chi connectivity index (χ1) is 8.63. The second-order valence-corrected chi connectivity index (χ2v) is 10.8. The molecule has 2 atom stereocenters. The molecule has 4 bridgehead atoms. The molecule has 9 heteroatoms. The van der Waals surface area contributed by atoms with Crippen molar-refractivity contribution in [2.75, 3.05) is 6.54 Å². The third-order valence-electron chi connectivity index (χ3n) is 3.81. The number of rotatable bonds is 1. The molecule has 0 amide bonds. The number of nitrogens with two attached hydrogens (primary N) is 1. The predicted octanol–water partition coefficient (Wildman–Crippen LogP) is 0.0138. The summed E-state index contributed by atoms with van der Waals surface area (Å²) in [6.07, 6.45) is 2.36. The third-order valence-corrected chi connectivity index (χ3v) is 9.56. The summed E-state index contributed by atoms with van der Waals surface area (Å²) in [6, 6.07) is -0.292. The summed E-state index contributed by atoms with van der Waals surface area (Å²) in [4.78, 5) is 0. The van der Waals surface area contributed by atoms with Crippen molar-refractivity contribution < 1.29 is 16.8 Å². The van der Waals surface area contributed by atoms with Crippen LogP contribution in [0.4, 0.5) is 0 Å². The molecule has 0 aromatic heterocycles. The molecule has 4 aliphatic rings. The molecular weight excluding hydrogens is 308 g/mol. The summed E-state index contributed by atoms with van der Waals surface area (Å²) in [5.74, 6) is 0. The summed E-state index contributed by atoms with van der Waals surface area (Å²) in [5, 5.41) is 8.33. The topological polar surface area (TPSA) is 106 Å². The zero-order valence-electron chi connectivity index (χ0n) is 10.2. The number of thioether (sulfide) groups is 1. The van der Waals surface area contributed by atoms with Crippen LogP contribution in [0.25, 0.3) is 0 Å². The molecular formula is C10H14N2O4S3. The van der Waals surface area contributed by atoms with Crippen molar-refractivity contribution in [3.05, 3.63) is 20.1 Å². The second-order valence-electron chi connectivity index (χ2n) is 5.35. The Bertz CT molecular complexity index is 720. The van der Waals surface area contributed by atoms with E-state index in [0.717, 1.165) is 17.3 Å². The van der Waals surface area contributed by atoms with Gasteiger partial charge in [-0.05, 0) is 31.4 Å². The van der Waals surface area contributed by atoms with E-state index in [2.05, 4.69) is 5.32 Å². The highest BCUT2D eigenvalue weighted by Crippen LogP contribution is 2.52. The first kappa shape index (κ1) is 13.6. The normalized spacial score (nSPS) is 36.9. The van der Waals surface area contributed by atoms with Crippen molar-refractivity contribution in [3.8, 4) is 0 Å². The Kier molecular flexibility index (Phi) is 2.76. The molecule has 0 radical (unpaired) electrons. The summed E-state index contributed by atoms with van der Waals surface area (Å²) >= 11 is 0.783. The Morgan fingerprint density at radius 1 is 1.53 bits per heavy atom. The van der Waals surface area contributed by atoms with Crippen molar-refractivity contribution in [2.45, 2.75) is 30.6 Å². The van der Waals surface area contributed by atoms with Crippen molar-refractivity contribution in [1.29, 1.82) is 0 Å². The minimum atomic E-state index is -3.90. The highest BCUT2D eigenvalue weighted by Gasteiger charge is 2.53. The van der Waals surface area contributed by atoms with Crippen molar-refractivity contribution >= 4 is 31.6 Å². The lowest BCUT2D eigenvalue weighted by atomic mass is 9.97. The fraction of sp³-hybridized carbons (Fsp3) is 0.600. The highest BCUT2D eigenvalue weighted by molar-refractivity contribution is 8.28. The molecule has 1 saturated heterocycles.